The molecule has 7 aromatic rings. The van der Waals surface area contributed by atoms with Crippen molar-refractivity contribution in [2.75, 3.05) is 13.6 Å². The van der Waals surface area contributed by atoms with Gasteiger partial charge in [-0.2, -0.15) is 0 Å². The van der Waals surface area contributed by atoms with Crippen LogP contribution >= 0.6 is 34.8 Å². The van der Waals surface area contributed by atoms with Gasteiger partial charge in [0.05, 0.1) is 47.4 Å². The molecule has 0 radical (unpaired) electrons. The van der Waals surface area contributed by atoms with E-state index in [2.05, 4.69) is 52.6 Å². The number of halogens is 3. The lowest BCUT2D eigenvalue weighted by molar-refractivity contribution is -0.331. The SMILES string of the molecule is CN[C@H](CC(C)C)C(=O)N[C@H]1C(=O)N[C@@H](CC(N)=O)C(=O)NC2C(=O)NC3C(=O)N[C@H](C(=O)N[C@@H](C(=O)O)c4cc(O)cc(O)c4-c4cc3ccc4O)[C@H](O)c3ccc(c(Cl)c3)Oc3cc2cc(c3OC2OC(CN=[N+]=[N-])C(O)C(O)C2OC2CC(C)(NCc3ccc(-c4ccc(Cl)cc4)cc3)C(O)C(C)O2)Oc2ccc(cc2Cl)[C@H]1O. The van der Waals surface area contributed by atoms with Gasteiger partial charge in [-0.15, -0.1) is 0 Å². The van der Waals surface area contributed by atoms with E-state index in [-0.39, 0.29) is 52.8 Å². The molecule has 14 rings (SSSR count). The second-order valence-electron chi connectivity index (χ2n) is 29.4. The molecule has 7 amide bonds. The number of nitrogens with one attached hydrogen (secondary N) is 8. The van der Waals surface area contributed by atoms with E-state index in [1.807, 2.05) is 50.2 Å². The minimum absolute atomic E-state index is 0.112. The number of phenols is 3. The van der Waals surface area contributed by atoms with E-state index in [1.54, 1.807) is 26.0 Å². The summed E-state index contributed by atoms with van der Waals surface area (Å²) < 4.78 is 39.7. The second kappa shape index (κ2) is 35.8. The first-order chi connectivity index (χ1) is 55.6. The van der Waals surface area contributed by atoms with Crippen LogP contribution in [-0.2, 0) is 59.1 Å². The molecule has 7 aromatic carbocycles. The number of fused-ring (bicyclic) bond motifs is 15. The van der Waals surface area contributed by atoms with Crippen molar-refractivity contribution in [2.45, 2.75) is 163 Å². The van der Waals surface area contributed by atoms with Gasteiger partial charge in [-0.25, -0.2) is 4.79 Å². The number of hydrogen-bond acceptors (Lipinski definition) is 25. The molecule has 618 valence electrons. The highest BCUT2D eigenvalue weighted by Crippen LogP contribution is 2.50. The van der Waals surface area contributed by atoms with Gasteiger partial charge in [0.25, 0.3) is 0 Å². The maximum Gasteiger partial charge on any atom is 0.330 e. The highest BCUT2D eigenvalue weighted by molar-refractivity contribution is 6.32. The number of primary amides is 1. The molecule has 38 heteroatoms. The third-order valence-corrected chi connectivity index (χ3v) is 21.5. The second-order valence-corrected chi connectivity index (χ2v) is 30.7. The lowest BCUT2D eigenvalue weighted by Crippen LogP contribution is -2.65. The van der Waals surface area contributed by atoms with Crippen LogP contribution in [0.25, 0.3) is 32.7 Å². The maximum atomic E-state index is 16.2. The van der Waals surface area contributed by atoms with Crippen LogP contribution < -0.4 is 62.5 Å². The monoisotopic (exact) mass is 1670 g/mol. The van der Waals surface area contributed by atoms with Gasteiger partial charge in [0.15, 0.2) is 29.9 Å². The Balaban J connectivity index is 1.05. The lowest BCUT2D eigenvalue weighted by Gasteiger charge is -2.48. The number of likely N-dealkylation sites (N-methyl/N-ethyl adjacent to an activating group) is 1. The minimum Gasteiger partial charge on any atom is -0.508 e. The third kappa shape index (κ3) is 18.8. The highest BCUT2D eigenvalue weighted by Gasteiger charge is 2.52. The molecular formula is C79H83Cl3N12O23. The Morgan fingerprint density at radius 2 is 1.30 bits per heavy atom. The molecular weight excluding hydrogens is 1590 g/mol. The summed E-state index contributed by atoms with van der Waals surface area (Å²) in [5.74, 6) is -16.2. The molecule has 7 aliphatic heterocycles. The van der Waals surface area contributed by atoms with Crippen molar-refractivity contribution in [1.82, 2.24) is 42.5 Å². The van der Waals surface area contributed by atoms with Crippen molar-refractivity contribution in [3.8, 4) is 68.2 Å². The molecule has 117 heavy (non-hydrogen) atoms. The number of ether oxygens (including phenoxy) is 6. The van der Waals surface area contributed by atoms with E-state index >= 15 is 14.4 Å². The van der Waals surface area contributed by atoms with Crippen LogP contribution in [0.5, 0.6) is 46.0 Å². The van der Waals surface area contributed by atoms with Gasteiger partial charge in [0, 0.05) is 51.2 Å². The summed E-state index contributed by atoms with van der Waals surface area (Å²) in [6.07, 6.45) is -18.8. The van der Waals surface area contributed by atoms with Gasteiger partial charge in [-0.05, 0) is 144 Å². The molecule has 0 aliphatic carbocycles. The van der Waals surface area contributed by atoms with Crippen LogP contribution in [0, 0.1) is 5.92 Å². The Hall–Kier alpha value is -11.1. The number of carbonyl (C=O) groups excluding carboxylic acids is 7. The smallest absolute Gasteiger partial charge is 0.330 e. The number of carbonyl (C=O) groups is 8. The van der Waals surface area contributed by atoms with Crippen LogP contribution in [0.4, 0.5) is 0 Å². The number of nitrogens with two attached hydrogens (primary N) is 1. The number of azide groups is 1. The molecule has 11 bridgehead atoms. The zero-order valence-corrected chi connectivity index (χ0v) is 65.1. The molecule has 7 aliphatic rings. The van der Waals surface area contributed by atoms with Gasteiger partial charge in [0.1, 0.15) is 83.4 Å². The van der Waals surface area contributed by atoms with E-state index in [9.17, 15) is 75.5 Å². The molecule has 18 atom stereocenters. The molecule has 19 N–H and O–H groups in total. The van der Waals surface area contributed by atoms with E-state index < -0.39 is 237 Å². The average Bonchev–Trinajstić information content (AvgIpc) is 0.766. The number of benzene rings is 7. The minimum atomic E-state index is -2.38. The summed E-state index contributed by atoms with van der Waals surface area (Å²) in [6, 6.07) is 14.1. The van der Waals surface area contributed by atoms with Crippen molar-refractivity contribution in [1.29, 1.82) is 0 Å². The van der Waals surface area contributed by atoms with Crippen LogP contribution in [0.15, 0.2) is 133 Å². The molecule has 0 saturated carbocycles. The molecule has 0 spiro atoms. The Bertz CT molecular complexity index is 5050. The number of aliphatic carboxylic acids is 1. The van der Waals surface area contributed by atoms with Crippen LogP contribution in [0.3, 0.4) is 0 Å². The van der Waals surface area contributed by atoms with Gasteiger partial charge in [0.2, 0.25) is 53.4 Å². The Morgan fingerprint density at radius 1 is 0.692 bits per heavy atom. The number of amides is 7. The molecule has 11 unspecified atom stereocenters. The van der Waals surface area contributed by atoms with Gasteiger partial charge in [-0.1, -0.05) is 108 Å². The summed E-state index contributed by atoms with van der Waals surface area (Å²) in [4.78, 5) is 121. The zero-order valence-electron chi connectivity index (χ0n) is 62.8. The number of hydrogen-bond donors (Lipinski definition) is 18. The highest BCUT2D eigenvalue weighted by atomic mass is 35.5. The molecule has 7 heterocycles. The summed E-state index contributed by atoms with van der Waals surface area (Å²) in [7, 11) is 1.47. The Morgan fingerprint density at radius 3 is 1.91 bits per heavy atom. The normalized spacial score (nSPS) is 26.9. The Labute approximate surface area is 681 Å². The fourth-order valence-corrected chi connectivity index (χ4v) is 15.1. The quantitative estimate of drug-likeness (QED) is 0.0283. The van der Waals surface area contributed by atoms with Crippen molar-refractivity contribution >= 4 is 82.1 Å². The number of carboxylic acid groups (broad SMARTS) is 1. The van der Waals surface area contributed by atoms with Crippen molar-refractivity contribution in [3.63, 3.8) is 0 Å². The molecule has 2 fully saturated rings. The third-order valence-electron chi connectivity index (χ3n) is 20.7. The predicted molar refractivity (Wildman–Crippen MR) is 416 cm³/mol. The van der Waals surface area contributed by atoms with Crippen LogP contribution in [0.1, 0.15) is 111 Å². The zero-order chi connectivity index (χ0) is 84.3. The first kappa shape index (κ1) is 85.3. The standard InChI is InChI=1S/C79H83Cl3N12O23/c1-32(2)20-47(85-5)71(104)92-62-64(99)38-13-18-51(45(81)22-38)113-53-24-40-25-54(68(53)117-78-69(67(102)66(101)55(115-78)31-87-94-84)116-57-29-79(4,70(103)33(3)112-57)86-30-34-6-8-35(9-7-34)36-10-15-41(80)16-11-36)114-52-19-14-39(23-46(52)82)65(100)63-76(109)91-61(77(110)111)44-26-42(95)27-50(97)58(44)43-21-37(12-17-49(43)96)59(73(106)93-63)90-74(107)60(40)89-72(105)48(28-56(83)98)88-75(62)108/h6-19,21-27,32-33,47-48,55,57,59-67,69-70,78,85-86,95-97,99-103H,20,28-31H2,1-5H3,(H2,83,98)(H,88,108)(H,89,105)(H,90,107)(H,91,109)(H,92,104)(H,93,106)(H,110,111)/t33?,47-,48+,55?,57?,59?,60?,61-,62-,63+,64-,65-,66?,67?,69?,70?,78?,79?/m1/s1. The summed E-state index contributed by atoms with van der Waals surface area (Å²) in [6.45, 7) is 6.42. The topological polar surface area (TPSA) is 545 Å². The van der Waals surface area contributed by atoms with E-state index in [0.717, 1.165) is 83.4 Å². The molecule has 35 nitrogen and oxygen atoms in total. The largest absolute Gasteiger partial charge is 0.508 e. The molecule has 2 saturated heterocycles. The number of nitrogens with zero attached hydrogens (tertiary/aromatic N) is 3. The number of phenolic OH excluding ortho intramolecular Hbond substituents is 3. The first-order valence-corrected chi connectivity index (χ1v) is 37.9. The lowest BCUT2D eigenvalue weighted by atomic mass is 9.84. The number of aromatic hydroxyl groups is 3. The van der Waals surface area contributed by atoms with Crippen LogP contribution in [0.2, 0.25) is 15.1 Å². The predicted octanol–water partition coefficient (Wildman–Crippen LogP) is 5.58. The number of aliphatic hydroxyl groups excluding tert-OH is 5. The molecule has 0 aromatic heterocycles. The number of rotatable bonds is 18. The van der Waals surface area contributed by atoms with E-state index in [1.165, 1.54) is 19.2 Å². The first-order valence-electron chi connectivity index (χ1n) is 36.8. The summed E-state index contributed by atoms with van der Waals surface area (Å²) in [5.41, 5.74) is 13.9. The number of carboxylic acids is 1. The average molecular weight is 1670 g/mol. The van der Waals surface area contributed by atoms with Crippen molar-refractivity contribution in [3.05, 3.63) is 186 Å². The Kier molecular flexibility index (Phi) is 26.1. The van der Waals surface area contributed by atoms with Crippen molar-refractivity contribution < 1.29 is 113 Å². The van der Waals surface area contributed by atoms with Gasteiger partial charge < -0.3 is 123 Å². The number of aliphatic hydroxyl groups is 5. The fraction of sp³-hybridized carbons (Fsp3) is 0.367. The van der Waals surface area contributed by atoms with E-state index in [0.29, 0.717) is 5.02 Å². The van der Waals surface area contributed by atoms with Crippen molar-refractivity contribution in [2.24, 2.45) is 16.8 Å². The van der Waals surface area contributed by atoms with Gasteiger partial charge >= 0.3 is 5.97 Å². The fourth-order valence-electron chi connectivity index (χ4n) is 14.5. The van der Waals surface area contributed by atoms with Gasteiger partial charge in [-0.3, -0.25) is 33.6 Å². The van der Waals surface area contributed by atoms with Crippen LogP contribution in [-0.4, -0.2) is 186 Å². The van der Waals surface area contributed by atoms with E-state index in [4.69, 9.17) is 69.0 Å². The summed E-state index contributed by atoms with van der Waals surface area (Å²) in [5, 5.41) is 130. The summed E-state index contributed by atoms with van der Waals surface area (Å²) >= 11 is 20.5. The maximum absolute atomic E-state index is 16.2.